The Kier molecular flexibility index (Phi) is 5.18. The Morgan fingerprint density at radius 3 is 2.18 bits per heavy atom. The molecule has 146 valence electrons. The molecule has 28 heavy (non-hydrogen) atoms. The maximum atomic E-state index is 11.8. The maximum Gasteiger partial charge on any atom is 0.315 e. The molecule has 0 fully saturated rings. The molecule has 0 aliphatic rings. The minimum Gasteiger partial charge on any atom is -0.481 e. The Morgan fingerprint density at radius 2 is 1.68 bits per heavy atom. The van der Waals surface area contributed by atoms with Crippen LogP contribution < -0.4 is 5.14 Å². The van der Waals surface area contributed by atoms with E-state index in [2.05, 4.69) is 21.0 Å². The zero-order valence-electron chi connectivity index (χ0n) is 15.1. The summed E-state index contributed by atoms with van der Waals surface area (Å²) >= 11 is 3.52. The number of hydrogen-bond acceptors (Lipinski definition) is 4. The minimum atomic E-state index is -3.82. The summed E-state index contributed by atoms with van der Waals surface area (Å²) in [4.78, 5) is 11.8. The van der Waals surface area contributed by atoms with E-state index in [0.717, 1.165) is 5.56 Å². The summed E-state index contributed by atoms with van der Waals surface area (Å²) < 4.78 is 25.2. The molecule has 3 N–H and O–H groups in total. The Labute approximate surface area is 171 Å². The third kappa shape index (κ3) is 3.60. The average molecular weight is 464 g/mol. The lowest BCUT2D eigenvalue weighted by Crippen LogP contribution is -2.29. The summed E-state index contributed by atoms with van der Waals surface area (Å²) in [6, 6.07) is 15.3. The van der Waals surface area contributed by atoms with E-state index in [1.807, 2.05) is 30.3 Å². The predicted molar refractivity (Wildman–Crippen MR) is 109 cm³/mol. The number of carboxylic acid groups (broad SMARTS) is 1. The Balaban J connectivity index is 2.27. The lowest BCUT2D eigenvalue weighted by atomic mass is 9.89. The molecule has 3 aromatic rings. The zero-order valence-corrected chi connectivity index (χ0v) is 17.5. The molecule has 0 unspecified atom stereocenters. The van der Waals surface area contributed by atoms with E-state index in [1.54, 1.807) is 30.7 Å². The first-order valence-electron chi connectivity index (χ1n) is 8.24. The molecule has 0 radical (unpaired) electrons. The third-order valence-electron chi connectivity index (χ3n) is 4.41. The van der Waals surface area contributed by atoms with Crippen molar-refractivity contribution in [3.8, 4) is 16.9 Å². The fourth-order valence-corrected chi connectivity index (χ4v) is 4.20. The van der Waals surface area contributed by atoms with Gasteiger partial charge in [-0.1, -0.05) is 30.3 Å². The van der Waals surface area contributed by atoms with Crippen LogP contribution in [0.4, 0.5) is 0 Å². The smallest absolute Gasteiger partial charge is 0.315 e. The number of primary sulfonamides is 1. The number of halogens is 1. The second-order valence-corrected chi connectivity index (χ2v) is 9.11. The van der Waals surface area contributed by atoms with Crippen LogP contribution in [0.2, 0.25) is 0 Å². The zero-order chi connectivity index (χ0) is 20.7. The molecular weight excluding hydrogens is 446 g/mol. The van der Waals surface area contributed by atoms with Gasteiger partial charge in [0.1, 0.15) is 5.41 Å². The van der Waals surface area contributed by atoms with Crippen molar-refractivity contribution in [3.63, 3.8) is 0 Å². The monoisotopic (exact) mass is 463 g/mol. The van der Waals surface area contributed by atoms with Crippen molar-refractivity contribution in [2.24, 2.45) is 5.14 Å². The number of rotatable bonds is 5. The van der Waals surface area contributed by atoms with Gasteiger partial charge in [-0.15, -0.1) is 0 Å². The maximum absolute atomic E-state index is 11.8. The summed E-state index contributed by atoms with van der Waals surface area (Å²) in [5.41, 5.74) is 1.17. The van der Waals surface area contributed by atoms with Crippen LogP contribution in [0.3, 0.4) is 0 Å². The Hall–Kier alpha value is -2.49. The molecule has 0 atom stereocenters. The number of carboxylic acids is 1. The molecule has 3 rings (SSSR count). The first kappa shape index (κ1) is 20.2. The van der Waals surface area contributed by atoms with Crippen molar-refractivity contribution in [2.45, 2.75) is 24.2 Å². The molecule has 0 bridgehead atoms. The highest BCUT2D eigenvalue weighted by atomic mass is 79.9. The average Bonchev–Trinajstić information content (AvgIpc) is 2.99. The van der Waals surface area contributed by atoms with E-state index in [1.165, 1.54) is 12.1 Å². The number of nitrogens with two attached hydrogens (primary N) is 1. The lowest BCUT2D eigenvalue weighted by Gasteiger charge is -2.16. The van der Waals surface area contributed by atoms with Crippen molar-refractivity contribution < 1.29 is 18.3 Å². The van der Waals surface area contributed by atoms with Crippen LogP contribution in [0.15, 0.2) is 64.0 Å². The predicted octanol–water partition coefficient (Wildman–Crippen LogP) is 3.31. The summed E-state index contributed by atoms with van der Waals surface area (Å²) in [6.07, 6.45) is 0. The van der Waals surface area contributed by atoms with Crippen LogP contribution in [-0.4, -0.2) is 29.3 Å². The fourth-order valence-electron chi connectivity index (χ4n) is 2.71. The van der Waals surface area contributed by atoms with Crippen molar-refractivity contribution in [1.82, 2.24) is 9.78 Å². The molecule has 1 heterocycles. The summed E-state index contributed by atoms with van der Waals surface area (Å²) in [6.45, 7) is 3.15. The summed E-state index contributed by atoms with van der Waals surface area (Å²) in [5, 5.41) is 19.3. The first-order valence-corrected chi connectivity index (χ1v) is 10.6. The molecule has 9 heteroatoms. The van der Waals surface area contributed by atoms with Gasteiger partial charge < -0.3 is 5.11 Å². The standard InChI is InChI=1S/C19H18BrN3O4S/c1-19(2,18(24)25)17-15(20)16(12-6-4-3-5-7-12)23(22-17)13-8-10-14(11-9-13)28(21,26)27/h3-11H,1-2H3,(H,24,25)(H2,21,26,27). The topological polar surface area (TPSA) is 115 Å². The normalized spacial score (nSPS) is 12.1. The summed E-state index contributed by atoms with van der Waals surface area (Å²) in [5.74, 6) is -1.01. The number of carbonyl (C=O) groups is 1. The van der Waals surface area contributed by atoms with Crippen LogP contribution in [0, 0.1) is 0 Å². The van der Waals surface area contributed by atoms with Crippen LogP contribution in [0.25, 0.3) is 16.9 Å². The van der Waals surface area contributed by atoms with Crippen LogP contribution in [0.5, 0.6) is 0 Å². The minimum absolute atomic E-state index is 0.0187. The van der Waals surface area contributed by atoms with E-state index >= 15 is 0 Å². The van der Waals surface area contributed by atoms with Gasteiger partial charge in [0, 0.05) is 5.56 Å². The van der Waals surface area contributed by atoms with Crippen LogP contribution in [0.1, 0.15) is 19.5 Å². The van der Waals surface area contributed by atoms with Crippen molar-refractivity contribution in [3.05, 3.63) is 64.8 Å². The van der Waals surface area contributed by atoms with E-state index < -0.39 is 21.4 Å². The Morgan fingerprint density at radius 1 is 1.11 bits per heavy atom. The van der Waals surface area contributed by atoms with Gasteiger partial charge in [0.25, 0.3) is 0 Å². The summed E-state index contributed by atoms with van der Waals surface area (Å²) in [7, 11) is -3.82. The van der Waals surface area contributed by atoms with E-state index in [-0.39, 0.29) is 4.90 Å². The van der Waals surface area contributed by atoms with Gasteiger partial charge in [0.15, 0.2) is 0 Å². The number of aliphatic carboxylic acids is 1. The largest absolute Gasteiger partial charge is 0.481 e. The van der Waals surface area contributed by atoms with Crippen LogP contribution >= 0.6 is 15.9 Å². The molecule has 7 nitrogen and oxygen atoms in total. The van der Waals surface area contributed by atoms with Crippen molar-refractivity contribution >= 4 is 31.9 Å². The van der Waals surface area contributed by atoms with Crippen molar-refractivity contribution in [1.29, 1.82) is 0 Å². The first-order chi connectivity index (χ1) is 13.0. The van der Waals surface area contributed by atoms with E-state index in [9.17, 15) is 18.3 Å². The number of hydrogen-bond donors (Lipinski definition) is 2. The number of aromatic nitrogens is 2. The van der Waals surface area contributed by atoms with Crippen molar-refractivity contribution in [2.75, 3.05) is 0 Å². The lowest BCUT2D eigenvalue weighted by molar-refractivity contribution is -0.142. The van der Waals surface area contributed by atoms with Gasteiger partial charge in [-0.2, -0.15) is 5.10 Å². The second kappa shape index (κ2) is 7.16. The molecule has 1 aromatic heterocycles. The number of sulfonamides is 1. The highest BCUT2D eigenvalue weighted by Crippen LogP contribution is 2.38. The van der Waals surface area contributed by atoms with E-state index in [0.29, 0.717) is 21.5 Å². The van der Waals surface area contributed by atoms with Gasteiger partial charge in [-0.25, -0.2) is 18.2 Å². The number of benzene rings is 2. The van der Waals surface area contributed by atoms with Gasteiger partial charge in [0.2, 0.25) is 10.0 Å². The highest BCUT2D eigenvalue weighted by molar-refractivity contribution is 9.10. The molecular formula is C19H18BrN3O4S. The third-order valence-corrected chi connectivity index (χ3v) is 6.09. The second-order valence-electron chi connectivity index (χ2n) is 6.76. The quantitative estimate of drug-likeness (QED) is 0.601. The fraction of sp³-hybridized carbons (Fsp3) is 0.158. The Bertz CT molecular complexity index is 1140. The molecule has 0 saturated heterocycles. The molecule has 0 saturated carbocycles. The van der Waals surface area contributed by atoms with Gasteiger partial charge in [-0.05, 0) is 54.0 Å². The van der Waals surface area contributed by atoms with Gasteiger partial charge in [0.05, 0.1) is 26.4 Å². The molecule has 0 aliphatic carbocycles. The number of nitrogens with zero attached hydrogens (tertiary/aromatic N) is 2. The van der Waals surface area contributed by atoms with Gasteiger partial charge >= 0.3 is 5.97 Å². The highest BCUT2D eigenvalue weighted by Gasteiger charge is 2.36. The van der Waals surface area contributed by atoms with E-state index in [4.69, 9.17) is 5.14 Å². The van der Waals surface area contributed by atoms with Crippen LogP contribution in [-0.2, 0) is 20.2 Å². The molecule has 0 spiro atoms. The molecule has 2 aromatic carbocycles. The molecule has 0 amide bonds. The SMILES string of the molecule is CC(C)(C(=O)O)c1nn(-c2ccc(S(N)(=O)=O)cc2)c(-c2ccccc2)c1Br. The van der Waals surface area contributed by atoms with Gasteiger partial charge in [-0.3, -0.25) is 4.79 Å². The molecule has 0 aliphatic heterocycles.